The largest absolute Gasteiger partial charge is 0.359 e. The van der Waals surface area contributed by atoms with Gasteiger partial charge in [-0.3, -0.25) is 4.90 Å². The molecule has 17 heavy (non-hydrogen) atoms. The second kappa shape index (κ2) is 4.31. The minimum Gasteiger partial charge on any atom is -0.359 e. The zero-order chi connectivity index (χ0) is 11.7. The van der Waals surface area contributed by atoms with Crippen molar-refractivity contribution < 1.29 is 4.52 Å². The Labute approximate surface area is 100 Å². The summed E-state index contributed by atoms with van der Waals surface area (Å²) in [5, 5.41) is 4.08. The summed E-state index contributed by atoms with van der Waals surface area (Å²) in [4.78, 5) is 2.25. The molecule has 3 rings (SSSR count). The first-order valence-electron chi connectivity index (χ1n) is 5.80. The molecule has 0 bridgehead atoms. The Morgan fingerprint density at radius 2 is 2.06 bits per heavy atom. The fourth-order valence-corrected chi connectivity index (χ4v) is 2.09. The van der Waals surface area contributed by atoms with Crippen molar-refractivity contribution in [2.75, 3.05) is 13.1 Å². The van der Waals surface area contributed by atoms with Crippen LogP contribution in [0.1, 0.15) is 5.76 Å². The highest BCUT2D eigenvalue weighted by Gasteiger charge is 2.24. The molecule has 1 aliphatic rings. The van der Waals surface area contributed by atoms with Crippen LogP contribution in [0.15, 0.2) is 40.9 Å². The molecule has 1 aliphatic heterocycles. The lowest BCUT2D eigenvalue weighted by molar-refractivity contribution is 0.127. The normalized spacial score (nSPS) is 17.0. The topological polar surface area (TPSA) is 55.3 Å². The first-order valence-corrected chi connectivity index (χ1v) is 5.80. The monoisotopic (exact) mass is 229 g/mol. The smallest absolute Gasteiger partial charge is 0.151 e. The summed E-state index contributed by atoms with van der Waals surface area (Å²) in [6.07, 6.45) is 0. The van der Waals surface area contributed by atoms with E-state index in [-0.39, 0.29) is 0 Å². The van der Waals surface area contributed by atoms with Gasteiger partial charge in [-0.15, -0.1) is 0 Å². The predicted octanol–water partition coefficient (Wildman–Crippen LogP) is 1.48. The van der Waals surface area contributed by atoms with Gasteiger partial charge < -0.3 is 10.3 Å². The molecular formula is C13H15N3O. The fourth-order valence-electron chi connectivity index (χ4n) is 2.09. The maximum Gasteiger partial charge on any atom is 0.151 e. The zero-order valence-corrected chi connectivity index (χ0v) is 9.54. The number of hydrogen-bond donors (Lipinski definition) is 1. The van der Waals surface area contributed by atoms with E-state index in [1.165, 1.54) is 0 Å². The van der Waals surface area contributed by atoms with Crippen LogP contribution >= 0.6 is 0 Å². The van der Waals surface area contributed by atoms with E-state index in [1.54, 1.807) is 0 Å². The summed E-state index contributed by atoms with van der Waals surface area (Å²) in [6, 6.07) is 12.4. The van der Waals surface area contributed by atoms with Crippen LogP contribution in [0.3, 0.4) is 0 Å². The predicted molar refractivity (Wildman–Crippen MR) is 65.2 cm³/mol. The third kappa shape index (κ3) is 2.23. The maximum atomic E-state index is 5.73. The van der Waals surface area contributed by atoms with Crippen molar-refractivity contribution >= 4 is 0 Å². The van der Waals surface area contributed by atoms with E-state index in [0.29, 0.717) is 6.04 Å². The lowest BCUT2D eigenvalue weighted by Gasteiger charge is -2.35. The van der Waals surface area contributed by atoms with Crippen molar-refractivity contribution in [3.05, 3.63) is 42.2 Å². The molecule has 2 heterocycles. The summed E-state index contributed by atoms with van der Waals surface area (Å²) in [5.41, 5.74) is 7.71. The highest BCUT2D eigenvalue weighted by atomic mass is 16.5. The standard InChI is InChI=1S/C13H15N3O/c14-11-7-16(8-11)9-12-6-13(15-17-12)10-4-2-1-3-5-10/h1-6,11H,7-9,14H2. The average Bonchev–Trinajstić information content (AvgIpc) is 2.77. The molecule has 88 valence electrons. The first-order chi connectivity index (χ1) is 8.31. The molecule has 1 aromatic carbocycles. The van der Waals surface area contributed by atoms with Crippen LogP contribution in [0.4, 0.5) is 0 Å². The van der Waals surface area contributed by atoms with Crippen LogP contribution in [-0.4, -0.2) is 29.2 Å². The van der Waals surface area contributed by atoms with Gasteiger partial charge in [0.2, 0.25) is 0 Å². The van der Waals surface area contributed by atoms with Crippen LogP contribution in [0.2, 0.25) is 0 Å². The van der Waals surface area contributed by atoms with E-state index in [0.717, 1.165) is 36.7 Å². The van der Waals surface area contributed by atoms with Crippen LogP contribution in [-0.2, 0) is 6.54 Å². The van der Waals surface area contributed by atoms with E-state index in [9.17, 15) is 0 Å². The average molecular weight is 229 g/mol. The van der Waals surface area contributed by atoms with Gasteiger partial charge in [0, 0.05) is 30.8 Å². The van der Waals surface area contributed by atoms with Gasteiger partial charge in [-0.2, -0.15) is 0 Å². The molecule has 0 aliphatic carbocycles. The summed E-state index contributed by atoms with van der Waals surface area (Å²) in [5.74, 6) is 0.899. The molecule has 0 atom stereocenters. The lowest BCUT2D eigenvalue weighted by Crippen LogP contribution is -2.54. The number of aromatic nitrogens is 1. The molecule has 0 spiro atoms. The van der Waals surface area contributed by atoms with Crippen molar-refractivity contribution in [3.8, 4) is 11.3 Å². The molecule has 2 aromatic rings. The maximum absolute atomic E-state index is 5.73. The minimum atomic E-state index is 0.325. The lowest BCUT2D eigenvalue weighted by atomic mass is 10.1. The number of benzene rings is 1. The van der Waals surface area contributed by atoms with Gasteiger partial charge >= 0.3 is 0 Å². The Kier molecular flexibility index (Phi) is 2.66. The van der Waals surface area contributed by atoms with Gasteiger partial charge in [0.15, 0.2) is 5.76 Å². The Bertz CT molecular complexity index is 488. The minimum absolute atomic E-state index is 0.325. The van der Waals surface area contributed by atoms with Gasteiger partial charge in [0.05, 0.1) is 6.54 Å². The molecule has 1 saturated heterocycles. The quantitative estimate of drug-likeness (QED) is 0.866. The zero-order valence-electron chi connectivity index (χ0n) is 9.54. The molecule has 1 fully saturated rings. The van der Waals surface area contributed by atoms with Crippen LogP contribution < -0.4 is 5.73 Å². The number of hydrogen-bond acceptors (Lipinski definition) is 4. The van der Waals surface area contributed by atoms with Gasteiger partial charge in [0.25, 0.3) is 0 Å². The first kappa shape index (κ1) is 10.5. The number of likely N-dealkylation sites (tertiary alicyclic amines) is 1. The van der Waals surface area contributed by atoms with Crippen molar-refractivity contribution in [3.63, 3.8) is 0 Å². The van der Waals surface area contributed by atoms with Crippen molar-refractivity contribution in [2.45, 2.75) is 12.6 Å². The fraction of sp³-hybridized carbons (Fsp3) is 0.308. The highest BCUT2D eigenvalue weighted by Crippen LogP contribution is 2.20. The van der Waals surface area contributed by atoms with E-state index < -0.39 is 0 Å². The molecule has 1 aromatic heterocycles. The van der Waals surface area contributed by atoms with E-state index in [2.05, 4.69) is 10.1 Å². The molecule has 4 nitrogen and oxygen atoms in total. The van der Waals surface area contributed by atoms with E-state index in [4.69, 9.17) is 10.3 Å². The van der Waals surface area contributed by atoms with Gasteiger partial charge in [-0.1, -0.05) is 35.5 Å². The van der Waals surface area contributed by atoms with Gasteiger partial charge in [0.1, 0.15) is 5.69 Å². The Morgan fingerprint density at radius 1 is 1.29 bits per heavy atom. The van der Waals surface area contributed by atoms with Crippen LogP contribution in [0.5, 0.6) is 0 Å². The summed E-state index contributed by atoms with van der Waals surface area (Å²) in [7, 11) is 0. The van der Waals surface area contributed by atoms with E-state index >= 15 is 0 Å². The second-order valence-corrected chi connectivity index (χ2v) is 4.50. The molecule has 0 saturated carbocycles. The van der Waals surface area contributed by atoms with Crippen LogP contribution in [0, 0.1) is 0 Å². The Hall–Kier alpha value is -1.65. The van der Waals surface area contributed by atoms with Gasteiger partial charge in [-0.25, -0.2) is 0 Å². The summed E-state index contributed by atoms with van der Waals surface area (Å²) >= 11 is 0. The third-order valence-corrected chi connectivity index (χ3v) is 2.99. The van der Waals surface area contributed by atoms with Gasteiger partial charge in [-0.05, 0) is 0 Å². The molecule has 0 radical (unpaired) electrons. The number of rotatable bonds is 3. The highest BCUT2D eigenvalue weighted by molar-refractivity contribution is 5.58. The van der Waals surface area contributed by atoms with Crippen molar-refractivity contribution in [1.82, 2.24) is 10.1 Å². The number of nitrogens with two attached hydrogens (primary N) is 1. The summed E-state index contributed by atoms with van der Waals surface area (Å²) in [6.45, 7) is 2.69. The van der Waals surface area contributed by atoms with Crippen molar-refractivity contribution in [1.29, 1.82) is 0 Å². The Morgan fingerprint density at radius 3 is 2.76 bits per heavy atom. The van der Waals surface area contributed by atoms with E-state index in [1.807, 2.05) is 36.4 Å². The molecule has 0 unspecified atom stereocenters. The molecule has 0 amide bonds. The van der Waals surface area contributed by atoms with Crippen molar-refractivity contribution in [2.24, 2.45) is 5.73 Å². The third-order valence-electron chi connectivity index (χ3n) is 2.99. The SMILES string of the molecule is NC1CN(Cc2cc(-c3ccccc3)no2)C1. The molecule has 2 N–H and O–H groups in total. The summed E-state index contributed by atoms with van der Waals surface area (Å²) < 4.78 is 5.33. The molecule has 4 heteroatoms. The Balaban J connectivity index is 1.70. The second-order valence-electron chi connectivity index (χ2n) is 4.50. The molecular weight excluding hydrogens is 214 g/mol. The van der Waals surface area contributed by atoms with Crippen LogP contribution in [0.25, 0.3) is 11.3 Å². The number of nitrogens with zero attached hydrogens (tertiary/aromatic N) is 2.